The van der Waals surface area contributed by atoms with Crippen LogP contribution in [0.3, 0.4) is 0 Å². The predicted molar refractivity (Wildman–Crippen MR) is 87.2 cm³/mol. The number of nitrogens with one attached hydrogen (secondary N) is 1. The molecule has 0 bridgehead atoms. The highest BCUT2D eigenvalue weighted by atomic mass is 19.1. The summed E-state index contributed by atoms with van der Waals surface area (Å²) in [5.74, 6) is -0.229. The lowest BCUT2D eigenvalue weighted by molar-refractivity contribution is -0.123. The summed E-state index contributed by atoms with van der Waals surface area (Å²) in [6.07, 6.45) is 0.188. The molecule has 2 amide bonds. The summed E-state index contributed by atoms with van der Waals surface area (Å²) < 4.78 is 18.7. The Morgan fingerprint density at radius 1 is 1.21 bits per heavy atom. The standard InChI is InChI=1S/C18H17FN2O3/c19-13-5-4-6-15(9-13)21-11-14(10-18(21)23)20-17(22)12-24-16-7-2-1-3-8-16/h1-9,14H,10-12H2,(H,20,22)/t14-/m0/s1. The quantitative estimate of drug-likeness (QED) is 0.915. The number of hydrogen-bond donors (Lipinski definition) is 1. The number of halogens is 1. The minimum atomic E-state index is -0.399. The minimum absolute atomic E-state index is 0.116. The second-order valence-electron chi connectivity index (χ2n) is 5.55. The number of benzene rings is 2. The van der Waals surface area contributed by atoms with E-state index in [2.05, 4.69) is 5.32 Å². The van der Waals surface area contributed by atoms with Gasteiger partial charge in [0, 0.05) is 18.7 Å². The summed E-state index contributed by atoms with van der Waals surface area (Å²) >= 11 is 0. The molecule has 5 nitrogen and oxygen atoms in total. The number of carbonyl (C=O) groups excluding carboxylic acids is 2. The van der Waals surface area contributed by atoms with Crippen LogP contribution in [0.1, 0.15) is 6.42 Å². The normalized spacial score (nSPS) is 17.0. The fourth-order valence-corrected chi connectivity index (χ4v) is 2.63. The predicted octanol–water partition coefficient (Wildman–Crippen LogP) is 2.13. The van der Waals surface area contributed by atoms with Crippen LogP contribution in [0.4, 0.5) is 10.1 Å². The van der Waals surface area contributed by atoms with Gasteiger partial charge in [0.25, 0.3) is 5.91 Å². The lowest BCUT2D eigenvalue weighted by Crippen LogP contribution is -2.39. The largest absolute Gasteiger partial charge is 0.484 e. The van der Waals surface area contributed by atoms with Crippen molar-refractivity contribution >= 4 is 17.5 Å². The molecule has 0 saturated carbocycles. The molecule has 2 aromatic carbocycles. The van der Waals surface area contributed by atoms with Gasteiger partial charge in [-0.05, 0) is 30.3 Å². The molecule has 6 heteroatoms. The Bertz CT molecular complexity index is 736. The molecule has 124 valence electrons. The summed E-state index contributed by atoms with van der Waals surface area (Å²) in [5.41, 5.74) is 0.497. The van der Waals surface area contributed by atoms with Crippen LogP contribution in [0.5, 0.6) is 5.75 Å². The van der Waals surface area contributed by atoms with Gasteiger partial charge in [-0.3, -0.25) is 9.59 Å². The van der Waals surface area contributed by atoms with E-state index >= 15 is 0 Å². The van der Waals surface area contributed by atoms with E-state index in [-0.39, 0.29) is 30.9 Å². The van der Waals surface area contributed by atoms with Crippen molar-refractivity contribution < 1.29 is 18.7 Å². The molecule has 1 fully saturated rings. The SMILES string of the molecule is O=C(COc1ccccc1)N[C@H]1CC(=O)N(c2cccc(F)c2)C1. The lowest BCUT2D eigenvalue weighted by Gasteiger charge is -2.17. The number of nitrogens with zero attached hydrogens (tertiary/aromatic N) is 1. The molecule has 24 heavy (non-hydrogen) atoms. The first-order chi connectivity index (χ1) is 11.6. The zero-order chi connectivity index (χ0) is 16.9. The van der Waals surface area contributed by atoms with E-state index in [0.29, 0.717) is 18.0 Å². The first-order valence-corrected chi connectivity index (χ1v) is 7.65. The third-order valence-corrected chi connectivity index (χ3v) is 3.72. The average Bonchev–Trinajstić information content (AvgIpc) is 2.94. The Morgan fingerprint density at radius 3 is 2.75 bits per heavy atom. The van der Waals surface area contributed by atoms with Gasteiger partial charge < -0.3 is 15.0 Å². The first kappa shape index (κ1) is 16.0. The molecular formula is C18H17FN2O3. The maximum atomic E-state index is 13.3. The van der Waals surface area contributed by atoms with E-state index in [9.17, 15) is 14.0 Å². The Kier molecular flexibility index (Phi) is 4.74. The number of hydrogen-bond acceptors (Lipinski definition) is 3. The molecule has 3 rings (SSSR count). The summed E-state index contributed by atoms with van der Waals surface area (Å²) in [5, 5.41) is 2.77. The summed E-state index contributed by atoms with van der Waals surface area (Å²) in [7, 11) is 0. The molecule has 0 radical (unpaired) electrons. The van der Waals surface area contributed by atoms with Gasteiger partial charge in [-0.15, -0.1) is 0 Å². The van der Waals surface area contributed by atoms with E-state index < -0.39 is 5.82 Å². The number of ether oxygens (including phenoxy) is 1. The van der Waals surface area contributed by atoms with Gasteiger partial charge in [0.05, 0.1) is 6.04 Å². The molecule has 2 aromatic rings. The van der Waals surface area contributed by atoms with Crippen molar-refractivity contribution in [1.82, 2.24) is 5.32 Å². The van der Waals surface area contributed by atoms with Crippen molar-refractivity contribution in [2.75, 3.05) is 18.1 Å². The molecule has 0 aliphatic carbocycles. The van der Waals surface area contributed by atoms with E-state index in [1.54, 1.807) is 24.3 Å². The van der Waals surface area contributed by atoms with Crippen LogP contribution in [0.2, 0.25) is 0 Å². The van der Waals surface area contributed by atoms with E-state index in [4.69, 9.17) is 4.74 Å². The number of anilines is 1. The number of para-hydroxylation sites is 1. The Hall–Kier alpha value is -2.89. The smallest absolute Gasteiger partial charge is 0.258 e. The fraction of sp³-hybridized carbons (Fsp3) is 0.222. The average molecular weight is 328 g/mol. The van der Waals surface area contributed by atoms with E-state index in [1.807, 2.05) is 18.2 Å². The van der Waals surface area contributed by atoms with Crippen molar-refractivity contribution in [3.8, 4) is 5.75 Å². The highest BCUT2D eigenvalue weighted by Crippen LogP contribution is 2.22. The van der Waals surface area contributed by atoms with Crippen molar-refractivity contribution in [3.05, 3.63) is 60.4 Å². The van der Waals surface area contributed by atoms with E-state index in [1.165, 1.54) is 17.0 Å². The molecule has 1 aliphatic heterocycles. The Labute approximate surface area is 139 Å². The third-order valence-electron chi connectivity index (χ3n) is 3.72. The van der Waals surface area contributed by atoms with Crippen LogP contribution < -0.4 is 15.0 Å². The highest BCUT2D eigenvalue weighted by Gasteiger charge is 2.31. The van der Waals surface area contributed by atoms with Gasteiger partial charge in [-0.25, -0.2) is 4.39 Å². The Balaban J connectivity index is 1.53. The third kappa shape index (κ3) is 3.90. The zero-order valence-corrected chi connectivity index (χ0v) is 12.9. The molecule has 0 spiro atoms. The number of carbonyl (C=O) groups is 2. The molecule has 1 N–H and O–H groups in total. The van der Waals surface area contributed by atoms with Gasteiger partial charge in [0.15, 0.2) is 6.61 Å². The second-order valence-corrected chi connectivity index (χ2v) is 5.55. The summed E-state index contributed by atoms with van der Waals surface area (Å²) in [4.78, 5) is 25.5. The molecule has 1 aliphatic rings. The fourth-order valence-electron chi connectivity index (χ4n) is 2.63. The summed E-state index contributed by atoms with van der Waals surface area (Å²) in [6.45, 7) is 0.202. The van der Waals surface area contributed by atoms with Crippen LogP contribution in [0.15, 0.2) is 54.6 Å². The topological polar surface area (TPSA) is 58.6 Å². The highest BCUT2D eigenvalue weighted by molar-refractivity contribution is 5.96. The van der Waals surface area contributed by atoms with Gasteiger partial charge in [-0.2, -0.15) is 0 Å². The van der Waals surface area contributed by atoms with Crippen molar-refractivity contribution in [2.24, 2.45) is 0 Å². The first-order valence-electron chi connectivity index (χ1n) is 7.65. The molecule has 0 aromatic heterocycles. The minimum Gasteiger partial charge on any atom is -0.484 e. The van der Waals surface area contributed by atoms with Gasteiger partial charge in [0.1, 0.15) is 11.6 Å². The van der Waals surface area contributed by atoms with Crippen LogP contribution in [0, 0.1) is 5.82 Å². The van der Waals surface area contributed by atoms with Crippen LogP contribution >= 0.6 is 0 Å². The molecular weight excluding hydrogens is 311 g/mol. The van der Waals surface area contributed by atoms with Crippen LogP contribution in [0.25, 0.3) is 0 Å². The molecule has 1 atom stereocenters. The van der Waals surface area contributed by atoms with Gasteiger partial charge >= 0.3 is 0 Å². The van der Waals surface area contributed by atoms with Crippen LogP contribution in [-0.2, 0) is 9.59 Å². The maximum Gasteiger partial charge on any atom is 0.258 e. The van der Waals surface area contributed by atoms with Crippen molar-refractivity contribution in [3.63, 3.8) is 0 Å². The lowest BCUT2D eigenvalue weighted by atomic mass is 10.2. The van der Waals surface area contributed by atoms with Gasteiger partial charge in [-0.1, -0.05) is 24.3 Å². The molecule has 0 unspecified atom stereocenters. The second kappa shape index (κ2) is 7.12. The molecule has 1 heterocycles. The number of rotatable bonds is 5. The monoisotopic (exact) mass is 328 g/mol. The van der Waals surface area contributed by atoms with E-state index in [0.717, 1.165) is 0 Å². The van der Waals surface area contributed by atoms with Crippen molar-refractivity contribution in [1.29, 1.82) is 0 Å². The van der Waals surface area contributed by atoms with Crippen molar-refractivity contribution in [2.45, 2.75) is 12.5 Å². The summed E-state index contributed by atoms with van der Waals surface area (Å²) in [6, 6.07) is 14.6. The van der Waals surface area contributed by atoms with Gasteiger partial charge in [0.2, 0.25) is 5.91 Å². The maximum absolute atomic E-state index is 13.3. The zero-order valence-electron chi connectivity index (χ0n) is 12.9. The Morgan fingerprint density at radius 2 is 2.00 bits per heavy atom. The van der Waals surface area contributed by atoms with Crippen LogP contribution in [-0.4, -0.2) is 31.0 Å². The molecule has 1 saturated heterocycles. The number of amides is 2.